The fourth-order valence-corrected chi connectivity index (χ4v) is 1.52. The molecule has 0 spiro atoms. The lowest BCUT2D eigenvalue weighted by atomic mass is 9.99. The van der Waals surface area contributed by atoms with Crippen molar-refractivity contribution in [2.45, 2.75) is 39.3 Å². The van der Waals surface area contributed by atoms with Gasteiger partial charge < -0.3 is 15.6 Å². The highest BCUT2D eigenvalue weighted by atomic mass is 16.2. The Bertz CT molecular complexity index is 323. The van der Waals surface area contributed by atoms with Gasteiger partial charge in [0.2, 0.25) is 5.91 Å². The highest BCUT2D eigenvalue weighted by Crippen LogP contribution is 2.04. The van der Waals surface area contributed by atoms with Crippen molar-refractivity contribution in [1.29, 1.82) is 0 Å². The third-order valence-electron chi connectivity index (χ3n) is 3.01. The maximum absolute atomic E-state index is 11.6. The molecular formula is C12H22N4O. The zero-order valence-electron chi connectivity index (χ0n) is 10.6. The molecule has 0 aliphatic heterocycles. The van der Waals surface area contributed by atoms with Crippen LogP contribution in [0.2, 0.25) is 0 Å². The van der Waals surface area contributed by atoms with Gasteiger partial charge in [-0.3, -0.25) is 4.79 Å². The number of nitrogens with zero attached hydrogens (tertiary/aromatic N) is 2. The number of hydrogen-bond donors (Lipinski definition) is 2. The Kier molecular flexibility index (Phi) is 5.69. The van der Waals surface area contributed by atoms with Crippen LogP contribution in [0.4, 0.5) is 0 Å². The second-order valence-corrected chi connectivity index (χ2v) is 4.36. The number of carbonyl (C=O) groups is 1. The molecule has 2 atom stereocenters. The molecule has 5 heteroatoms. The van der Waals surface area contributed by atoms with Crippen LogP contribution in [0.3, 0.4) is 0 Å². The molecule has 0 saturated heterocycles. The third-order valence-corrected chi connectivity index (χ3v) is 3.01. The molecule has 0 saturated carbocycles. The summed E-state index contributed by atoms with van der Waals surface area (Å²) in [6.45, 7) is 5.55. The van der Waals surface area contributed by atoms with E-state index < -0.39 is 6.04 Å². The predicted octanol–water partition coefficient (Wildman–Crippen LogP) is 0.763. The summed E-state index contributed by atoms with van der Waals surface area (Å²) in [6, 6.07) is -0.395. The van der Waals surface area contributed by atoms with Crippen LogP contribution in [0.15, 0.2) is 18.7 Å². The fraction of sp³-hybridized carbons (Fsp3) is 0.667. The topological polar surface area (TPSA) is 72.9 Å². The van der Waals surface area contributed by atoms with E-state index in [4.69, 9.17) is 5.73 Å². The van der Waals surface area contributed by atoms with Crippen LogP contribution in [-0.2, 0) is 11.3 Å². The van der Waals surface area contributed by atoms with Crippen molar-refractivity contribution in [3.05, 3.63) is 18.7 Å². The third kappa shape index (κ3) is 4.56. The van der Waals surface area contributed by atoms with Gasteiger partial charge in [0.25, 0.3) is 0 Å². The van der Waals surface area contributed by atoms with Gasteiger partial charge in [-0.1, -0.05) is 20.3 Å². The maximum atomic E-state index is 11.6. The Hall–Kier alpha value is -1.36. The molecule has 0 fully saturated rings. The van der Waals surface area contributed by atoms with Crippen molar-refractivity contribution in [3.8, 4) is 0 Å². The molecule has 0 aliphatic carbocycles. The minimum Gasteiger partial charge on any atom is -0.355 e. The summed E-state index contributed by atoms with van der Waals surface area (Å²) in [5, 5.41) is 2.86. The summed E-state index contributed by atoms with van der Waals surface area (Å²) < 4.78 is 1.99. The van der Waals surface area contributed by atoms with Crippen LogP contribution in [0.25, 0.3) is 0 Å². The number of imidazole rings is 1. The highest BCUT2D eigenvalue weighted by Gasteiger charge is 2.18. The molecule has 0 radical (unpaired) electrons. The van der Waals surface area contributed by atoms with Crippen LogP contribution in [-0.4, -0.2) is 28.0 Å². The van der Waals surface area contributed by atoms with Crippen LogP contribution in [0.5, 0.6) is 0 Å². The zero-order chi connectivity index (χ0) is 12.7. The first-order valence-corrected chi connectivity index (χ1v) is 6.14. The second-order valence-electron chi connectivity index (χ2n) is 4.36. The molecule has 0 aliphatic rings. The number of hydrogen-bond acceptors (Lipinski definition) is 3. The largest absolute Gasteiger partial charge is 0.355 e. The number of aromatic nitrogens is 2. The van der Waals surface area contributed by atoms with E-state index in [2.05, 4.69) is 10.3 Å². The molecular weight excluding hydrogens is 216 g/mol. The number of nitrogens with two attached hydrogens (primary N) is 1. The standard InChI is InChI=1S/C12H22N4O/c1-3-10(2)11(13)12(17)15-5-4-7-16-8-6-14-9-16/h6,8-11H,3-5,7,13H2,1-2H3,(H,15,17). The smallest absolute Gasteiger partial charge is 0.237 e. The summed E-state index contributed by atoms with van der Waals surface area (Å²) >= 11 is 0. The summed E-state index contributed by atoms with van der Waals surface area (Å²) in [6.07, 6.45) is 7.23. The Balaban J connectivity index is 2.16. The molecule has 96 valence electrons. The summed E-state index contributed by atoms with van der Waals surface area (Å²) in [7, 11) is 0. The molecule has 1 heterocycles. The van der Waals surface area contributed by atoms with Crippen molar-refractivity contribution < 1.29 is 4.79 Å². The van der Waals surface area contributed by atoms with Gasteiger partial charge in [-0.25, -0.2) is 4.98 Å². The first-order chi connectivity index (χ1) is 8.15. The SMILES string of the molecule is CCC(C)C(N)C(=O)NCCCn1ccnc1. The number of rotatable bonds is 7. The molecule has 0 aromatic carbocycles. The molecule has 2 unspecified atom stereocenters. The first-order valence-electron chi connectivity index (χ1n) is 6.14. The summed E-state index contributed by atoms with van der Waals surface area (Å²) in [5.41, 5.74) is 5.82. The Morgan fingerprint density at radius 2 is 2.35 bits per heavy atom. The highest BCUT2D eigenvalue weighted by molar-refractivity contribution is 5.81. The minimum atomic E-state index is -0.395. The Labute approximate surface area is 102 Å². The van der Waals surface area contributed by atoms with E-state index >= 15 is 0 Å². The normalized spacial score (nSPS) is 14.3. The van der Waals surface area contributed by atoms with Crippen LogP contribution in [0, 0.1) is 5.92 Å². The van der Waals surface area contributed by atoms with E-state index in [1.165, 1.54) is 0 Å². The fourth-order valence-electron chi connectivity index (χ4n) is 1.52. The number of amides is 1. The van der Waals surface area contributed by atoms with E-state index in [0.717, 1.165) is 19.4 Å². The van der Waals surface area contributed by atoms with E-state index in [1.54, 1.807) is 12.5 Å². The molecule has 1 aromatic rings. The summed E-state index contributed by atoms with van der Waals surface area (Å²) in [4.78, 5) is 15.6. The van der Waals surface area contributed by atoms with Gasteiger partial charge in [-0.15, -0.1) is 0 Å². The van der Waals surface area contributed by atoms with Gasteiger partial charge in [-0.2, -0.15) is 0 Å². The van der Waals surface area contributed by atoms with Gasteiger partial charge in [-0.05, 0) is 12.3 Å². The molecule has 1 aromatic heterocycles. The van der Waals surface area contributed by atoms with Crippen molar-refractivity contribution in [2.75, 3.05) is 6.54 Å². The van der Waals surface area contributed by atoms with Crippen LogP contribution < -0.4 is 11.1 Å². The quantitative estimate of drug-likeness (QED) is 0.689. The van der Waals surface area contributed by atoms with Gasteiger partial charge in [0.05, 0.1) is 12.4 Å². The van der Waals surface area contributed by atoms with Crippen molar-refractivity contribution in [3.63, 3.8) is 0 Å². The number of nitrogens with one attached hydrogen (secondary N) is 1. The van der Waals surface area contributed by atoms with Crippen molar-refractivity contribution in [2.24, 2.45) is 11.7 Å². The van der Waals surface area contributed by atoms with E-state index in [1.807, 2.05) is 24.6 Å². The van der Waals surface area contributed by atoms with E-state index in [9.17, 15) is 4.79 Å². The maximum Gasteiger partial charge on any atom is 0.237 e. The first kappa shape index (κ1) is 13.7. The van der Waals surface area contributed by atoms with Gasteiger partial charge in [0, 0.05) is 25.5 Å². The summed E-state index contributed by atoms with van der Waals surface area (Å²) in [5.74, 6) is 0.175. The van der Waals surface area contributed by atoms with Crippen molar-refractivity contribution in [1.82, 2.24) is 14.9 Å². The second kappa shape index (κ2) is 7.06. The predicted molar refractivity (Wildman–Crippen MR) is 67.3 cm³/mol. The lowest BCUT2D eigenvalue weighted by Gasteiger charge is -2.17. The number of carbonyl (C=O) groups excluding carboxylic acids is 1. The zero-order valence-corrected chi connectivity index (χ0v) is 10.6. The molecule has 17 heavy (non-hydrogen) atoms. The Morgan fingerprint density at radius 1 is 1.59 bits per heavy atom. The van der Waals surface area contributed by atoms with Gasteiger partial charge >= 0.3 is 0 Å². The molecule has 0 bridgehead atoms. The number of aryl methyl sites for hydroxylation is 1. The van der Waals surface area contributed by atoms with Gasteiger partial charge in [0.1, 0.15) is 0 Å². The average Bonchev–Trinajstić information content (AvgIpc) is 2.85. The van der Waals surface area contributed by atoms with Gasteiger partial charge in [0.15, 0.2) is 0 Å². The molecule has 5 nitrogen and oxygen atoms in total. The minimum absolute atomic E-state index is 0.0509. The lowest BCUT2D eigenvalue weighted by molar-refractivity contribution is -0.123. The average molecular weight is 238 g/mol. The van der Waals surface area contributed by atoms with Crippen LogP contribution in [0.1, 0.15) is 26.7 Å². The molecule has 1 amide bonds. The molecule has 3 N–H and O–H groups in total. The van der Waals surface area contributed by atoms with Crippen molar-refractivity contribution >= 4 is 5.91 Å². The Morgan fingerprint density at radius 3 is 2.94 bits per heavy atom. The lowest BCUT2D eigenvalue weighted by Crippen LogP contribution is -2.44. The molecule has 1 rings (SSSR count). The van der Waals surface area contributed by atoms with E-state index in [-0.39, 0.29) is 11.8 Å². The van der Waals surface area contributed by atoms with Crippen LogP contribution >= 0.6 is 0 Å². The van der Waals surface area contributed by atoms with E-state index in [0.29, 0.717) is 6.54 Å². The monoisotopic (exact) mass is 238 g/mol.